The second-order valence-corrected chi connectivity index (χ2v) is 5.66. The van der Waals surface area contributed by atoms with Crippen molar-refractivity contribution in [2.45, 2.75) is 7.83 Å². The molecule has 0 aliphatic heterocycles. The molecule has 0 radical (unpaired) electrons. The van der Waals surface area contributed by atoms with Gasteiger partial charge in [-0.2, -0.15) is 0 Å². The predicted molar refractivity (Wildman–Crippen MR) is 38.9 cm³/mol. The van der Waals surface area contributed by atoms with Crippen LogP contribution in [-0.4, -0.2) is 7.83 Å². The fraction of sp³-hybridized carbons (Fsp3) is 1.00. The molecule has 0 spiro atoms. The molecule has 0 nitrogen and oxygen atoms in total. The lowest BCUT2D eigenvalue weighted by Gasteiger charge is -2.17. The van der Waals surface area contributed by atoms with Crippen molar-refractivity contribution in [1.29, 1.82) is 0 Å². The molecule has 0 aromatic heterocycles. The number of hydrogen-bond donors (Lipinski definition) is 0. The molecule has 0 aromatic rings. The highest BCUT2D eigenvalue weighted by Gasteiger charge is 2.45. The van der Waals surface area contributed by atoms with Crippen molar-refractivity contribution in [3.8, 4) is 0 Å². The van der Waals surface area contributed by atoms with Crippen LogP contribution in [0.5, 0.6) is 0 Å². The van der Waals surface area contributed by atoms with Crippen LogP contribution in [0.1, 0.15) is 0 Å². The van der Waals surface area contributed by atoms with E-state index >= 15 is 0 Å². The van der Waals surface area contributed by atoms with Gasteiger partial charge in [0.15, 0.2) is 0 Å². The molecule has 0 N–H and O–H groups in total. The first kappa shape index (κ1) is 9.57. The van der Waals surface area contributed by atoms with E-state index in [9.17, 15) is 4.39 Å². The number of halogens is 6. The normalized spacial score (nSPS) is 14.2. The number of rotatable bonds is 1. The van der Waals surface area contributed by atoms with Crippen molar-refractivity contribution in [2.75, 3.05) is 0 Å². The summed E-state index contributed by atoms with van der Waals surface area (Å²) in [7, 11) is 0. The third kappa shape index (κ3) is 2.92. The van der Waals surface area contributed by atoms with Crippen molar-refractivity contribution >= 4 is 62.3 Å². The zero-order valence-electron chi connectivity index (χ0n) is 3.27. The SMILES string of the molecule is FC(Cl)(Cl)C(Cl)(Cl)Br. The first-order valence-electron chi connectivity index (χ1n) is 1.38. The average molecular weight is 265 g/mol. The Morgan fingerprint density at radius 3 is 1.25 bits per heavy atom. The van der Waals surface area contributed by atoms with Gasteiger partial charge in [0, 0.05) is 0 Å². The summed E-state index contributed by atoms with van der Waals surface area (Å²) in [6.07, 6.45) is 0. The maximum atomic E-state index is 12.1. The van der Waals surface area contributed by atoms with E-state index in [-0.39, 0.29) is 0 Å². The Labute approximate surface area is 74.4 Å². The van der Waals surface area contributed by atoms with Crippen LogP contribution in [-0.2, 0) is 0 Å². The summed E-state index contributed by atoms with van der Waals surface area (Å²) in [6.45, 7) is 0. The quantitative estimate of drug-likeness (QED) is 0.635. The molecule has 0 heterocycles. The Balaban J connectivity index is 4.02. The minimum atomic E-state index is -2.67. The summed E-state index contributed by atoms with van der Waals surface area (Å²) < 4.78 is 7.50. The van der Waals surface area contributed by atoms with Gasteiger partial charge in [0.05, 0.1) is 0 Å². The molecule has 0 fully saturated rings. The van der Waals surface area contributed by atoms with E-state index in [0.717, 1.165) is 0 Å². The minimum Gasteiger partial charge on any atom is -0.204 e. The minimum absolute atomic E-state index is 1.94. The van der Waals surface area contributed by atoms with Gasteiger partial charge in [0.2, 0.25) is 3.24 Å². The predicted octanol–water partition coefficient (Wildman–Crippen LogP) is 3.61. The Bertz CT molecular complexity index is 69.0. The first-order chi connectivity index (χ1) is 3.25. The molecule has 0 bridgehead atoms. The van der Waals surface area contributed by atoms with Crippen molar-refractivity contribution in [1.82, 2.24) is 0 Å². The van der Waals surface area contributed by atoms with Crippen molar-refractivity contribution in [3.05, 3.63) is 0 Å². The summed E-state index contributed by atoms with van der Waals surface area (Å²) in [5.74, 6) is 0. The van der Waals surface area contributed by atoms with Crippen LogP contribution in [0.3, 0.4) is 0 Å². The summed E-state index contributed by atoms with van der Waals surface area (Å²) >= 11 is 22.2. The van der Waals surface area contributed by atoms with Crippen LogP contribution in [0.25, 0.3) is 0 Å². The van der Waals surface area contributed by atoms with Gasteiger partial charge in [-0.05, 0) is 15.9 Å². The molecule has 0 saturated carbocycles. The number of alkyl halides is 6. The maximum absolute atomic E-state index is 12.1. The molecular weight excluding hydrogens is 265 g/mol. The standard InChI is InChI=1S/C2BrCl4F/c3-1(4,5)2(6,7)8. The molecular formula is C2BrCl4F. The maximum Gasteiger partial charge on any atom is 0.300 e. The van der Waals surface area contributed by atoms with Crippen LogP contribution >= 0.6 is 62.3 Å². The van der Waals surface area contributed by atoms with Gasteiger partial charge in [0.1, 0.15) is 0 Å². The lowest BCUT2D eigenvalue weighted by atomic mass is 10.9. The molecule has 0 saturated heterocycles. The molecule has 0 aliphatic rings. The van der Waals surface area contributed by atoms with Crippen LogP contribution in [0, 0.1) is 0 Å². The van der Waals surface area contributed by atoms with Crippen molar-refractivity contribution in [3.63, 3.8) is 0 Å². The van der Waals surface area contributed by atoms with Gasteiger partial charge in [-0.25, -0.2) is 4.39 Å². The molecule has 0 rings (SSSR count). The van der Waals surface area contributed by atoms with Gasteiger partial charge in [-0.15, -0.1) is 0 Å². The molecule has 6 heteroatoms. The third-order valence-corrected chi connectivity index (χ3v) is 2.80. The summed E-state index contributed by atoms with van der Waals surface area (Å²) in [5, 5.41) is 0. The van der Waals surface area contributed by atoms with Crippen molar-refractivity contribution in [2.24, 2.45) is 0 Å². The lowest BCUT2D eigenvalue weighted by Crippen LogP contribution is -2.24. The Kier molecular flexibility index (Phi) is 3.19. The topological polar surface area (TPSA) is 0 Å². The summed E-state index contributed by atoms with van der Waals surface area (Å²) in [5.41, 5.74) is 0. The second-order valence-electron chi connectivity index (χ2n) is 0.996. The smallest absolute Gasteiger partial charge is 0.204 e. The fourth-order valence-corrected chi connectivity index (χ4v) is 0. The van der Waals surface area contributed by atoms with Crippen LogP contribution in [0.15, 0.2) is 0 Å². The largest absolute Gasteiger partial charge is 0.300 e. The van der Waals surface area contributed by atoms with Gasteiger partial charge < -0.3 is 0 Å². The van der Waals surface area contributed by atoms with Crippen LogP contribution < -0.4 is 0 Å². The average Bonchev–Trinajstić information content (AvgIpc) is 1.25. The van der Waals surface area contributed by atoms with E-state index < -0.39 is 7.83 Å². The van der Waals surface area contributed by atoms with Gasteiger partial charge in [0.25, 0.3) is 4.59 Å². The van der Waals surface area contributed by atoms with E-state index in [1.165, 1.54) is 0 Å². The van der Waals surface area contributed by atoms with E-state index in [1.807, 2.05) is 0 Å². The van der Waals surface area contributed by atoms with Gasteiger partial charge >= 0.3 is 0 Å². The molecule has 8 heavy (non-hydrogen) atoms. The zero-order chi connectivity index (χ0) is 7.00. The monoisotopic (exact) mass is 262 g/mol. The highest BCUT2D eigenvalue weighted by molar-refractivity contribution is 9.11. The van der Waals surface area contributed by atoms with E-state index in [2.05, 4.69) is 15.9 Å². The molecule has 50 valence electrons. The molecule has 0 unspecified atom stereocenters. The molecule has 0 atom stereocenters. The van der Waals surface area contributed by atoms with Gasteiger partial charge in [-0.3, -0.25) is 0 Å². The zero-order valence-corrected chi connectivity index (χ0v) is 7.88. The first-order valence-corrected chi connectivity index (χ1v) is 3.69. The Hall–Kier alpha value is 1.57. The summed E-state index contributed by atoms with van der Waals surface area (Å²) in [4.78, 5) is 0. The second kappa shape index (κ2) is 2.67. The molecule has 0 amide bonds. The van der Waals surface area contributed by atoms with E-state index in [4.69, 9.17) is 46.4 Å². The third-order valence-electron chi connectivity index (χ3n) is 0.321. The van der Waals surface area contributed by atoms with E-state index in [1.54, 1.807) is 0 Å². The van der Waals surface area contributed by atoms with E-state index in [0.29, 0.717) is 0 Å². The highest BCUT2D eigenvalue weighted by atomic mass is 79.9. The lowest BCUT2D eigenvalue weighted by molar-refractivity contribution is 0.404. The summed E-state index contributed by atoms with van der Waals surface area (Å²) in [6, 6.07) is 0. The Morgan fingerprint density at radius 2 is 1.25 bits per heavy atom. The molecule has 0 aliphatic carbocycles. The molecule has 0 aromatic carbocycles. The van der Waals surface area contributed by atoms with Crippen molar-refractivity contribution < 1.29 is 4.39 Å². The van der Waals surface area contributed by atoms with Crippen LogP contribution in [0.4, 0.5) is 4.39 Å². The Morgan fingerprint density at radius 1 is 1.12 bits per heavy atom. The number of hydrogen-bond acceptors (Lipinski definition) is 0. The van der Waals surface area contributed by atoms with Gasteiger partial charge in [-0.1, -0.05) is 46.4 Å². The van der Waals surface area contributed by atoms with Crippen LogP contribution in [0.2, 0.25) is 0 Å². The highest BCUT2D eigenvalue weighted by Crippen LogP contribution is 2.48. The fourth-order valence-electron chi connectivity index (χ4n) is 0.